The molecule has 0 saturated carbocycles. The van der Waals surface area contributed by atoms with Gasteiger partial charge in [0.15, 0.2) is 0 Å². The lowest BCUT2D eigenvalue weighted by molar-refractivity contribution is -0.133. The van der Waals surface area contributed by atoms with Crippen molar-refractivity contribution in [2.75, 3.05) is 6.54 Å². The molecule has 1 aromatic heterocycles. The lowest BCUT2D eigenvalue weighted by Crippen LogP contribution is -2.41. The Morgan fingerprint density at radius 2 is 2.15 bits per heavy atom. The lowest BCUT2D eigenvalue weighted by Gasteiger charge is -2.18. The summed E-state index contributed by atoms with van der Waals surface area (Å²) in [5.74, 6) is -0.128. The van der Waals surface area contributed by atoms with Gasteiger partial charge in [0.1, 0.15) is 6.04 Å². The van der Waals surface area contributed by atoms with Gasteiger partial charge in [-0.1, -0.05) is 25.1 Å². The molecule has 6 nitrogen and oxygen atoms in total. The third-order valence-corrected chi connectivity index (χ3v) is 4.83. The highest BCUT2D eigenvalue weighted by Crippen LogP contribution is 2.19. The highest BCUT2D eigenvalue weighted by atomic mass is 16.2. The Bertz CT molecular complexity index is 843. The van der Waals surface area contributed by atoms with Crippen LogP contribution in [0.3, 0.4) is 0 Å². The summed E-state index contributed by atoms with van der Waals surface area (Å²) < 4.78 is 0. The van der Waals surface area contributed by atoms with Crippen molar-refractivity contribution >= 4 is 11.8 Å². The molecule has 0 aliphatic carbocycles. The molecule has 0 radical (unpaired) electrons. The van der Waals surface area contributed by atoms with Crippen molar-refractivity contribution in [2.45, 2.75) is 38.3 Å². The van der Waals surface area contributed by atoms with Crippen LogP contribution in [-0.2, 0) is 16.1 Å². The SMILES string of the molecule is CC(CC(=O)NC1CCN(Cc2ccc(C#N)cc2)C1=O)c1cccnc1. The molecule has 138 valence electrons. The van der Waals surface area contributed by atoms with Crippen LogP contribution in [0.5, 0.6) is 0 Å². The minimum Gasteiger partial charge on any atom is -0.344 e. The summed E-state index contributed by atoms with van der Waals surface area (Å²) in [6.45, 7) is 3.08. The highest BCUT2D eigenvalue weighted by molar-refractivity contribution is 5.89. The Morgan fingerprint density at radius 3 is 2.81 bits per heavy atom. The zero-order valence-electron chi connectivity index (χ0n) is 15.3. The standard InChI is InChI=1S/C21H22N4O2/c1-15(18-3-2-9-23-13-18)11-20(26)24-19-8-10-25(21(19)27)14-17-6-4-16(12-22)5-7-17/h2-7,9,13,15,19H,8,10-11,14H2,1H3,(H,24,26). The van der Waals surface area contributed by atoms with Gasteiger partial charge in [-0.3, -0.25) is 14.6 Å². The number of benzene rings is 1. The average molecular weight is 362 g/mol. The lowest BCUT2D eigenvalue weighted by atomic mass is 9.99. The van der Waals surface area contributed by atoms with E-state index in [1.165, 1.54) is 0 Å². The van der Waals surface area contributed by atoms with Crippen LogP contribution in [0, 0.1) is 11.3 Å². The van der Waals surface area contributed by atoms with Crippen LogP contribution in [0.1, 0.15) is 42.4 Å². The number of nitriles is 1. The molecule has 2 atom stereocenters. The van der Waals surface area contributed by atoms with Gasteiger partial charge in [0.2, 0.25) is 11.8 Å². The van der Waals surface area contributed by atoms with E-state index in [4.69, 9.17) is 5.26 Å². The fourth-order valence-corrected chi connectivity index (χ4v) is 3.25. The molecular formula is C21H22N4O2. The van der Waals surface area contributed by atoms with Crippen LogP contribution in [0.25, 0.3) is 0 Å². The molecule has 3 rings (SSSR count). The normalized spacial score (nSPS) is 17.4. The summed E-state index contributed by atoms with van der Waals surface area (Å²) >= 11 is 0. The van der Waals surface area contributed by atoms with Crippen molar-refractivity contribution in [3.05, 3.63) is 65.5 Å². The van der Waals surface area contributed by atoms with E-state index in [1.54, 1.807) is 29.4 Å². The molecule has 1 aromatic carbocycles. The summed E-state index contributed by atoms with van der Waals surface area (Å²) in [7, 11) is 0. The number of carbonyl (C=O) groups excluding carboxylic acids is 2. The van der Waals surface area contributed by atoms with Gasteiger partial charge < -0.3 is 10.2 Å². The first-order valence-corrected chi connectivity index (χ1v) is 9.04. The van der Waals surface area contributed by atoms with Crippen molar-refractivity contribution < 1.29 is 9.59 Å². The predicted octanol–water partition coefficient (Wildman–Crippen LogP) is 2.36. The van der Waals surface area contributed by atoms with Gasteiger partial charge in [0, 0.05) is 31.9 Å². The maximum absolute atomic E-state index is 12.6. The molecule has 2 heterocycles. The first-order chi connectivity index (χ1) is 13.1. The number of hydrogen-bond acceptors (Lipinski definition) is 4. The smallest absolute Gasteiger partial charge is 0.245 e. The second-order valence-corrected chi connectivity index (χ2v) is 6.87. The van der Waals surface area contributed by atoms with Gasteiger partial charge >= 0.3 is 0 Å². The second-order valence-electron chi connectivity index (χ2n) is 6.87. The summed E-state index contributed by atoms with van der Waals surface area (Å²) in [6.07, 6.45) is 4.40. The molecule has 0 bridgehead atoms. The topological polar surface area (TPSA) is 86.1 Å². The van der Waals surface area contributed by atoms with Crippen LogP contribution in [0.2, 0.25) is 0 Å². The average Bonchev–Trinajstić information content (AvgIpc) is 3.02. The third kappa shape index (κ3) is 4.70. The molecule has 0 spiro atoms. The van der Waals surface area contributed by atoms with E-state index >= 15 is 0 Å². The van der Waals surface area contributed by atoms with E-state index in [1.807, 2.05) is 31.2 Å². The van der Waals surface area contributed by atoms with E-state index in [2.05, 4.69) is 16.4 Å². The van der Waals surface area contributed by atoms with Gasteiger partial charge in [-0.25, -0.2) is 0 Å². The molecule has 2 unspecified atom stereocenters. The zero-order chi connectivity index (χ0) is 19.2. The summed E-state index contributed by atoms with van der Waals surface area (Å²) in [5.41, 5.74) is 2.58. The number of amides is 2. The Labute approximate surface area is 158 Å². The van der Waals surface area contributed by atoms with E-state index < -0.39 is 6.04 Å². The molecule has 6 heteroatoms. The summed E-state index contributed by atoms with van der Waals surface area (Å²) in [6, 6.07) is 12.6. The first-order valence-electron chi connectivity index (χ1n) is 9.04. The predicted molar refractivity (Wildman–Crippen MR) is 100 cm³/mol. The van der Waals surface area contributed by atoms with Gasteiger partial charge in [-0.2, -0.15) is 5.26 Å². The van der Waals surface area contributed by atoms with Crippen molar-refractivity contribution in [1.29, 1.82) is 5.26 Å². The van der Waals surface area contributed by atoms with Crippen LogP contribution in [0.4, 0.5) is 0 Å². The minimum absolute atomic E-state index is 0.0463. The van der Waals surface area contributed by atoms with E-state index in [0.717, 1.165) is 11.1 Å². The molecule has 2 aromatic rings. The first kappa shape index (κ1) is 18.6. The fourth-order valence-electron chi connectivity index (χ4n) is 3.25. The maximum atomic E-state index is 12.6. The monoisotopic (exact) mass is 362 g/mol. The fraction of sp³-hybridized carbons (Fsp3) is 0.333. The number of nitrogens with zero attached hydrogens (tertiary/aromatic N) is 3. The number of rotatable bonds is 6. The quantitative estimate of drug-likeness (QED) is 0.855. The van der Waals surface area contributed by atoms with Crippen molar-refractivity contribution in [3.8, 4) is 6.07 Å². The minimum atomic E-state index is -0.461. The second kappa shape index (κ2) is 8.45. The van der Waals surface area contributed by atoms with E-state index in [0.29, 0.717) is 31.5 Å². The van der Waals surface area contributed by atoms with Crippen molar-refractivity contribution in [3.63, 3.8) is 0 Å². The van der Waals surface area contributed by atoms with Crippen LogP contribution in [0.15, 0.2) is 48.8 Å². The van der Waals surface area contributed by atoms with Crippen LogP contribution in [-0.4, -0.2) is 34.3 Å². The van der Waals surface area contributed by atoms with Crippen molar-refractivity contribution in [1.82, 2.24) is 15.2 Å². The van der Waals surface area contributed by atoms with E-state index in [-0.39, 0.29) is 17.7 Å². The molecule has 1 N–H and O–H groups in total. The Balaban J connectivity index is 1.52. The Morgan fingerprint density at radius 1 is 1.37 bits per heavy atom. The molecular weight excluding hydrogens is 340 g/mol. The Kier molecular flexibility index (Phi) is 5.82. The van der Waals surface area contributed by atoms with Crippen molar-refractivity contribution in [2.24, 2.45) is 0 Å². The van der Waals surface area contributed by atoms with Gasteiger partial charge in [0.25, 0.3) is 0 Å². The molecule has 1 aliphatic heterocycles. The molecule has 1 saturated heterocycles. The van der Waals surface area contributed by atoms with Gasteiger partial charge in [0.05, 0.1) is 11.6 Å². The van der Waals surface area contributed by atoms with Crippen LogP contribution >= 0.6 is 0 Å². The number of nitrogens with one attached hydrogen (secondary N) is 1. The molecule has 1 aliphatic rings. The van der Waals surface area contributed by atoms with Gasteiger partial charge in [-0.05, 0) is 41.7 Å². The number of pyridine rings is 1. The molecule has 27 heavy (non-hydrogen) atoms. The van der Waals surface area contributed by atoms with Gasteiger partial charge in [-0.15, -0.1) is 0 Å². The largest absolute Gasteiger partial charge is 0.344 e. The zero-order valence-corrected chi connectivity index (χ0v) is 15.3. The number of carbonyl (C=O) groups is 2. The van der Waals surface area contributed by atoms with E-state index in [9.17, 15) is 9.59 Å². The molecule has 2 amide bonds. The maximum Gasteiger partial charge on any atom is 0.245 e. The summed E-state index contributed by atoms with van der Waals surface area (Å²) in [5, 5.41) is 11.7. The molecule has 1 fully saturated rings. The third-order valence-electron chi connectivity index (χ3n) is 4.83. The Hall–Kier alpha value is -3.20. The van der Waals surface area contributed by atoms with Crippen LogP contribution < -0.4 is 5.32 Å². The number of likely N-dealkylation sites (tertiary alicyclic amines) is 1. The number of hydrogen-bond donors (Lipinski definition) is 1. The highest BCUT2D eigenvalue weighted by Gasteiger charge is 2.32. The summed E-state index contributed by atoms with van der Waals surface area (Å²) in [4.78, 5) is 30.7. The number of aromatic nitrogens is 1.